The summed E-state index contributed by atoms with van der Waals surface area (Å²) < 4.78 is 4.62. The second-order valence-electron chi connectivity index (χ2n) is 4.33. The third-order valence-corrected chi connectivity index (χ3v) is 3.04. The lowest BCUT2D eigenvalue weighted by molar-refractivity contribution is 0.0426. The van der Waals surface area contributed by atoms with Gasteiger partial charge in [-0.2, -0.15) is 0 Å². The number of hydrogen-bond donors (Lipinski definition) is 2. The van der Waals surface area contributed by atoms with Crippen molar-refractivity contribution < 1.29 is 24.5 Å². The Balaban J connectivity index is 0.000000534. The van der Waals surface area contributed by atoms with Crippen molar-refractivity contribution in [2.24, 2.45) is 0 Å². The molecule has 2 N–H and O–H groups in total. The molecule has 0 fully saturated rings. The van der Waals surface area contributed by atoms with E-state index in [9.17, 15) is 9.59 Å². The molecule has 0 aromatic heterocycles. The van der Waals surface area contributed by atoms with Crippen molar-refractivity contribution in [1.82, 2.24) is 4.90 Å². The number of benzene rings is 1. The van der Waals surface area contributed by atoms with Crippen LogP contribution in [0.4, 0.5) is 0 Å². The molecule has 0 unspecified atom stereocenters. The summed E-state index contributed by atoms with van der Waals surface area (Å²) in [7, 11) is 0. The van der Waals surface area contributed by atoms with Crippen LogP contribution in [0.3, 0.4) is 0 Å². The van der Waals surface area contributed by atoms with Gasteiger partial charge in [0.15, 0.2) is 0 Å². The van der Waals surface area contributed by atoms with Gasteiger partial charge in [-0.1, -0.05) is 32.9 Å². The van der Waals surface area contributed by atoms with Gasteiger partial charge in [0.2, 0.25) is 0 Å². The fraction of sp³-hybridized carbons (Fsp3) is 0.500. The zero-order valence-corrected chi connectivity index (χ0v) is 13.4. The van der Waals surface area contributed by atoms with Crippen LogP contribution in [0.2, 0.25) is 0 Å². The lowest BCUT2D eigenvalue weighted by Gasteiger charge is -2.13. The van der Waals surface area contributed by atoms with E-state index in [0.717, 1.165) is 0 Å². The molecule has 0 heterocycles. The van der Waals surface area contributed by atoms with Crippen molar-refractivity contribution in [2.75, 3.05) is 32.8 Å². The first-order valence-corrected chi connectivity index (χ1v) is 7.34. The van der Waals surface area contributed by atoms with Crippen LogP contribution < -0.4 is 0 Å². The molecule has 1 aromatic carbocycles. The first kappa shape index (κ1) is 20.1. The second-order valence-corrected chi connectivity index (χ2v) is 4.33. The van der Waals surface area contributed by atoms with E-state index in [1.165, 1.54) is 37.8 Å². The minimum Gasteiger partial charge on any atom is -0.478 e. The van der Waals surface area contributed by atoms with Crippen LogP contribution in [-0.2, 0) is 4.74 Å². The highest BCUT2D eigenvalue weighted by Crippen LogP contribution is 2.10. The minimum absolute atomic E-state index is 0.0153. The molecule has 0 aliphatic rings. The fourth-order valence-corrected chi connectivity index (χ4v) is 1.73. The zero-order valence-electron chi connectivity index (χ0n) is 13.4. The number of aliphatic hydroxyl groups is 1. The number of nitrogens with zero attached hydrogens (tertiary/aromatic N) is 1. The Morgan fingerprint density at radius 3 is 1.91 bits per heavy atom. The molecule has 0 atom stereocenters. The lowest BCUT2D eigenvalue weighted by atomic mass is 10.1. The Kier molecular flexibility index (Phi) is 10.7. The van der Waals surface area contributed by atoms with E-state index in [2.05, 4.69) is 30.4 Å². The highest BCUT2D eigenvalue weighted by molar-refractivity contribution is 6.02. The molecule has 0 saturated carbocycles. The van der Waals surface area contributed by atoms with E-state index < -0.39 is 11.9 Å². The molecule has 0 bridgehead atoms. The highest BCUT2D eigenvalue weighted by atomic mass is 16.5. The van der Waals surface area contributed by atoms with Gasteiger partial charge in [-0.05, 0) is 31.8 Å². The first-order valence-electron chi connectivity index (χ1n) is 7.34. The molecule has 0 radical (unpaired) electrons. The van der Waals surface area contributed by atoms with Crippen molar-refractivity contribution in [3.63, 3.8) is 0 Å². The summed E-state index contributed by atoms with van der Waals surface area (Å²) in [5.41, 5.74) is -0.126. The van der Waals surface area contributed by atoms with Gasteiger partial charge < -0.3 is 19.8 Å². The Hall–Kier alpha value is -1.92. The van der Waals surface area contributed by atoms with Crippen molar-refractivity contribution in [3.8, 4) is 0 Å². The van der Waals surface area contributed by atoms with Crippen LogP contribution in [0, 0.1) is 0 Å². The maximum absolute atomic E-state index is 11.3. The third-order valence-electron chi connectivity index (χ3n) is 3.04. The fourth-order valence-electron chi connectivity index (χ4n) is 1.73. The number of ether oxygens (including phenoxy) is 1. The number of aliphatic hydroxyl groups excluding tert-OH is 1. The number of hydrogen-bond acceptors (Lipinski definition) is 5. The van der Waals surface area contributed by atoms with Gasteiger partial charge in [0, 0.05) is 0 Å². The van der Waals surface area contributed by atoms with E-state index in [4.69, 9.17) is 10.2 Å². The predicted octanol–water partition coefficient (Wildman–Crippen LogP) is 1.88. The SMILES string of the molecule is CCN(CC)CC.O=C(O)c1ccccc1C(=O)OCCO. The van der Waals surface area contributed by atoms with Crippen molar-refractivity contribution in [2.45, 2.75) is 20.8 Å². The zero-order chi connectivity index (χ0) is 17.0. The number of carboxylic acids is 1. The maximum atomic E-state index is 11.3. The molecule has 0 spiro atoms. The number of carbonyl (C=O) groups excluding carboxylic acids is 1. The van der Waals surface area contributed by atoms with Crippen LogP contribution in [0.1, 0.15) is 41.5 Å². The summed E-state index contributed by atoms with van der Waals surface area (Å²) in [6.07, 6.45) is 0. The highest BCUT2D eigenvalue weighted by Gasteiger charge is 2.16. The van der Waals surface area contributed by atoms with Gasteiger partial charge in [0.1, 0.15) is 6.61 Å². The number of esters is 1. The normalized spacial score (nSPS) is 9.86. The molecule has 124 valence electrons. The molecule has 6 heteroatoms. The van der Waals surface area contributed by atoms with Crippen LogP contribution in [0.5, 0.6) is 0 Å². The molecule has 0 saturated heterocycles. The van der Waals surface area contributed by atoms with Gasteiger partial charge in [-0.25, -0.2) is 9.59 Å². The molecule has 0 aliphatic carbocycles. The largest absolute Gasteiger partial charge is 0.478 e. The van der Waals surface area contributed by atoms with Gasteiger partial charge in [-0.3, -0.25) is 0 Å². The Morgan fingerprint density at radius 1 is 1.05 bits per heavy atom. The van der Waals surface area contributed by atoms with Crippen molar-refractivity contribution in [1.29, 1.82) is 0 Å². The molecule has 22 heavy (non-hydrogen) atoms. The van der Waals surface area contributed by atoms with E-state index in [1.54, 1.807) is 6.07 Å². The standard InChI is InChI=1S/C10H10O5.C6H15N/c11-5-6-15-10(14)8-4-2-1-3-7(8)9(12)13;1-4-7(5-2)6-3/h1-4,11H,5-6H2,(H,12,13);4-6H2,1-3H3. The average Bonchev–Trinajstić information content (AvgIpc) is 2.54. The molecule has 6 nitrogen and oxygen atoms in total. The van der Waals surface area contributed by atoms with Gasteiger partial charge >= 0.3 is 11.9 Å². The molecule has 0 amide bonds. The number of rotatable bonds is 7. The summed E-state index contributed by atoms with van der Waals surface area (Å²) in [6, 6.07) is 5.75. The van der Waals surface area contributed by atoms with Crippen molar-refractivity contribution >= 4 is 11.9 Å². The van der Waals surface area contributed by atoms with Crippen LogP contribution >= 0.6 is 0 Å². The quantitative estimate of drug-likeness (QED) is 0.748. The van der Waals surface area contributed by atoms with E-state index in [1.807, 2.05) is 0 Å². The molecule has 1 rings (SSSR count). The van der Waals surface area contributed by atoms with Crippen LogP contribution in [0.15, 0.2) is 24.3 Å². The third kappa shape index (κ3) is 7.19. The molecule has 1 aromatic rings. The van der Waals surface area contributed by atoms with Gasteiger partial charge in [0.25, 0.3) is 0 Å². The summed E-state index contributed by atoms with van der Waals surface area (Å²) in [5.74, 6) is -1.94. The maximum Gasteiger partial charge on any atom is 0.339 e. The molecule has 0 aliphatic heterocycles. The number of aromatic carboxylic acids is 1. The number of carboxylic acid groups (broad SMARTS) is 1. The number of carbonyl (C=O) groups is 2. The summed E-state index contributed by atoms with van der Waals surface area (Å²) in [6.45, 7) is 9.69. The first-order chi connectivity index (χ1) is 10.5. The van der Waals surface area contributed by atoms with Crippen LogP contribution in [-0.4, -0.2) is 59.9 Å². The van der Waals surface area contributed by atoms with E-state index in [-0.39, 0.29) is 24.3 Å². The van der Waals surface area contributed by atoms with Crippen LogP contribution in [0.25, 0.3) is 0 Å². The Labute approximate surface area is 131 Å². The molecular weight excluding hydrogens is 286 g/mol. The van der Waals surface area contributed by atoms with E-state index >= 15 is 0 Å². The topological polar surface area (TPSA) is 87.1 Å². The smallest absolute Gasteiger partial charge is 0.339 e. The Bertz CT molecular complexity index is 452. The Morgan fingerprint density at radius 2 is 1.55 bits per heavy atom. The van der Waals surface area contributed by atoms with Gasteiger partial charge in [0.05, 0.1) is 17.7 Å². The summed E-state index contributed by atoms with van der Waals surface area (Å²) in [5, 5.41) is 17.2. The second kappa shape index (κ2) is 11.7. The van der Waals surface area contributed by atoms with Crippen molar-refractivity contribution in [3.05, 3.63) is 35.4 Å². The summed E-state index contributed by atoms with van der Waals surface area (Å²) in [4.78, 5) is 24.5. The summed E-state index contributed by atoms with van der Waals surface area (Å²) >= 11 is 0. The average molecular weight is 311 g/mol. The van der Waals surface area contributed by atoms with E-state index in [0.29, 0.717) is 0 Å². The minimum atomic E-state index is -1.19. The lowest BCUT2D eigenvalue weighted by Crippen LogP contribution is -2.21. The predicted molar refractivity (Wildman–Crippen MR) is 84.2 cm³/mol. The monoisotopic (exact) mass is 311 g/mol. The van der Waals surface area contributed by atoms with Gasteiger partial charge in [-0.15, -0.1) is 0 Å². The molecular formula is C16H25NO5.